The average molecular weight is 570 g/mol. The fourth-order valence-electron chi connectivity index (χ4n) is 4.84. The van der Waals surface area contributed by atoms with Gasteiger partial charge in [0, 0.05) is 22.3 Å². The molecule has 0 radical (unpaired) electrons. The Morgan fingerprint density at radius 2 is 1.85 bits per heavy atom. The van der Waals surface area contributed by atoms with Crippen molar-refractivity contribution in [3.8, 4) is 6.07 Å². The maximum absolute atomic E-state index is 10.00. The summed E-state index contributed by atoms with van der Waals surface area (Å²) in [7, 11) is 0. The number of anilines is 2. The van der Waals surface area contributed by atoms with Gasteiger partial charge in [-0.25, -0.2) is 4.68 Å². The third-order valence-electron chi connectivity index (χ3n) is 7.07. The number of nitrogens with zero attached hydrogens (tertiary/aromatic N) is 5. The Morgan fingerprint density at radius 1 is 1.07 bits per heavy atom. The molecule has 0 unspecified atom stereocenters. The van der Waals surface area contributed by atoms with Gasteiger partial charge < -0.3 is 10.6 Å². The van der Waals surface area contributed by atoms with Gasteiger partial charge in [0.05, 0.1) is 47.5 Å². The summed E-state index contributed by atoms with van der Waals surface area (Å²) in [6.45, 7) is 2.09. The van der Waals surface area contributed by atoms with Crippen molar-refractivity contribution in [1.29, 1.82) is 5.26 Å². The van der Waals surface area contributed by atoms with Crippen LogP contribution in [0.25, 0.3) is 10.9 Å². The average Bonchev–Trinajstić information content (AvgIpc) is 3.71. The van der Waals surface area contributed by atoms with Crippen LogP contribution in [0.2, 0.25) is 10.0 Å². The second kappa shape index (κ2) is 11.2. The van der Waals surface area contributed by atoms with E-state index < -0.39 is 6.02 Å². The molecule has 1 saturated carbocycles. The van der Waals surface area contributed by atoms with Gasteiger partial charge in [-0.15, -0.1) is 5.10 Å². The van der Waals surface area contributed by atoms with Gasteiger partial charge >= 0.3 is 0 Å². The van der Waals surface area contributed by atoms with E-state index in [1.807, 2.05) is 41.1 Å². The molecule has 1 aliphatic rings. The summed E-state index contributed by atoms with van der Waals surface area (Å²) >= 11 is 13.4. The molecule has 0 bridgehead atoms. The lowest BCUT2D eigenvalue weighted by Crippen LogP contribution is -2.14. The molecule has 2 aromatic heterocycles. The molecule has 2 atom stereocenters. The Hall–Kier alpha value is -4.12. The number of nitrogens with one attached hydrogen (secondary N) is 2. The monoisotopic (exact) mass is 568 g/mol. The van der Waals surface area contributed by atoms with Gasteiger partial charge in [0.2, 0.25) is 0 Å². The van der Waals surface area contributed by atoms with Crippen LogP contribution in [-0.2, 0) is 0 Å². The lowest BCUT2D eigenvalue weighted by atomic mass is 10.0. The molecule has 0 spiro atoms. The van der Waals surface area contributed by atoms with E-state index in [-0.39, 0.29) is 6.04 Å². The Balaban J connectivity index is 1.47. The zero-order valence-corrected chi connectivity index (χ0v) is 23.3. The van der Waals surface area contributed by atoms with Gasteiger partial charge in [0.25, 0.3) is 0 Å². The van der Waals surface area contributed by atoms with Gasteiger partial charge in [-0.05, 0) is 48.6 Å². The highest BCUT2D eigenvalue weighted by molar-refractivity contribution is 6.36. The summed E-state index contributed by atoms with van der Waals surface area (Å²) in [5.74, 6) is 0. The second-order valence-corrected chi connectivity index (χ2v) is 10.6. The van der Waals surface area contributed by atoms with Crippen molar-refractivity contribution in [3.05, 3.63) is 112 Å². The molecule has 1 fully saturated rings. The first-order valence-electron chi connectivity index (χ1n) is 13.7. The van der Waals surface area contributed by atoms with E-state index >= 15 is 0 Å². The molecule has 2 N–H and O–H groups in total. The fourth-order valence-corrected chi connectivity index (χ4v) is 5.34. The predicted octanol–water partition coefficient (Wildman–Crippen LogP) is 8.10. The molecule has 0 aliphatic heterocycles. The third kappa shape index (κ3) is 5.21. The van der Waals surface area contributed by atoms with Crippen molar-refractivity contribution < 1.29 is 1.37 Å². The number of pyridine rings is 1. The minimum Gasteiger partial charge on any atom is -0.377 e. The van der Waals surface area contributed by atoms with Gasteiger partial charge in [-0.3, -0.25) is 4.98 Å². The zero-order chi connectivity index (χ0) is 28.6. The van der Waals surface area contributed by atoms with E-state index in [2.05, 4.69) is 51.1 Å². The minimum atomic E-state index is -1.58. The molecule has 6 rings (SSSR count). The van der Waals surface area contributed by atoms with Crippen LogP contribution in [0.15, 0.2) is 79.1 Å². The number of nitriles is 1. The molecule has 0 saturated heterocycles. The molecule has 1 aliphatic carbocycles. The van der Waals surface area contributed by atoms with Crippen molar-refractivity contribution in [2.75, 3.05) is 10.6 Å². The van der Waals surface area contributed by atoms with Crippen molar-refractivity contribution in [2.45, 2.75) is 44.3 Å². The molecular weight excluding hydrogens is 541 g/mol. The first kappa shape index (κ1) is 24.9. The predicted molar refractivity (Wildman–Crippen MR) is 160 cm³/mol. The number of fused-ring (bicyclic) bond motifs is 1. The number of halogens is 2. The quantitative estimate of drug-likeness (QED) is 0.186. The first-order valence-corrected chi connectivity index (χ1v) is 14.0. The standard InChI is InChI=1S/C31H27Cl2N7/c1-2-27(19-8-4-3-5-9-19)37-29-20(16-34)17-35-30-24(29)14-21(15-26(30)33)36-31(23-10-6-7-11-25(23)32)28-18-40(39-38-28)22-12-13-22/h3-11,14-15,17-18,22,27,31,36H,2,12-13H2,1H3,(H,35,37)/t27-,31-/m1/s1/i31D. The topological polar surface area (TPSA) is 91.5 Å². The molecule has 3 aromatic carbocycles. The third-order valence-corrected chi connectivity index (χ3v) is 7.69. The Labute approximate surface area is 244 Å². The molecule has 9 heteroatoms. The van der Waals surface area contributed by atoms with Crippen LogP contribution in [0.4, 0.5) is 11.4 Å². The molecule has 200 valence electrons. The van der Waals surface area contributed by atoms with Crippen molar-refractivity contribution >= 4 is 45.5 Å². The summed E-state index contributed by atoms with van der Waals surface area (Å²) in [4.78, 5) is 4.50. The number of hydrogen-bond acceptors (Lipinski definition) is 6. The van der Waals surface area contributed by atoms with Crippen LogP contribution in [0.3, 0.4) is 0 Å². The number of aromatic nitrogens is 4. The first-order chi connectivity index (χ1) is 19.9. The van der Waals surface area contributed by atoms with E-state index in [4.69, 9.17) is 23.2 Å². The summed E-state index contributed by atoms with van der Waals surface area (Å²) in [5.41, 5.74) is 4.17. The molecule has 2 heterocycles. The van der Waals surface area contributed by atoms with E-state index in [0.717, 1.165) is 24.8 Å². The highest BCUT2D eigenvalue weighted by atomic mass is 35.5. The second-order valence-electron chi connectivity index (χ2n) is 9.82. The van der Waals surface area contributed by atoms with Crippen molar-refractivity contribution in [2.24, 2.45) is 0 Å². The number of hydrogen-bond donors (Lipinski definition) is 2. The molecule has 5 aromatic rings. The smallest absolute Gasteiger partial charge is 0.110 e. The van der Waals surface area contributed by atoms with Crippen LogP contribution in [-0.4, -0.2) is 20.0 Å². The Bertz CT molecular complexity index is 1760. The zero-order valence-electron chi connectivity index (χ0n) is 22.8. The van der Waals surface area contributed by atoms with Crippen LogP contribution in [0, 0.1) is 11.3 Å². The Kier molecular flexibility index (Phi) is 6.95. The lowest BCUT2D eigenvalue weighted by Gasteiger charge is -2.23. The van der Waals surface area contributed by atoms with Gasteiger partial charge in [-0.2, -0.15) is 5.26 Å². The highest BCUT2D eigenvalue weighted by Crippen LogP contribution is 2.39. The maximum atomic E-state index is 10.00. The van der Waals surface area contributed by atoms with Crippen LogP contribution < -0.4 is 10.6 Å². The van der Waals surface area contributed by atoms with Crippen LogP contribution >= 0.6 is 23.2 Å². The van der Waals surface area contributed by atoms with E-state index in [1.54, 1.807) is 24.4 Å². The van der Waals surface area contributed by atoms with Crippen LogP contribution in [0.1, 0.15) is 68.0 Å². The van der Waals surface area contributed by atoms with E-state index in [0.29, 0.717) is 55.2 Å². The molecule has 7 nitrogen and oxygen atoms in total. The van der Waals surface area contributed by atoms with E-state index in [9.17, 15) is 6.63 Å². The summed E-state index contributed by atoms with van der Waals surface area (Å²) in [6, 6.07) is 21.9. The highest BCUT2D eigenvalue weighted by Gasteiger charge is 2.28. The summed E-state index contributed by atoms with van der Waals surface area (Å²) in [6.07, 6.45) is 6.22. The minimum absolute atomic E-state index is 0.0415. The van der Waals surface area contributed by atoms with Crippen molar-refractivity contribution in [1.82, 2.24) is 20.0 Å². The molecular formula is C31H27Cl2N7. The van der Waals surface area contributed by atoms with E-state index in [1.165, 1.54) is 6.20 Å². The molecule has 0 amide bonds. The normalized spacial score (nSPS) is 15.6. The fraction of sp³-hybridized carbons (Fsp3) is 0.226. The number of benzene rings is 3. The van der Waals surface area contributed by atoms with Gasteiger partial charge in [0.15, 0.2) is 0 Å². The Morgan fingerprint density at radius 3 is 2.58 bits per heavy atom. The van der Waals surface area contributed by atoms with Crippen LogP contribution in [0.5, 0.6) is 0 Å². The number of rotatable bonds is 9. The summed E-state index contributed by atoms with van der Waals surface area (Å²) < 4.78 is 11.5. The largest absolute Gasteiger partial charge is 0.377 e. The van der Waals surface area contributed by atoms with Gasteiger partial charge in [0.1, 0.15) is 11.8 Å². The SMILES string of the molecule is [2H][C@](Nc1cc(Cl)c2ncc(C#N)c(N[C@H](CC)c3ccccc3)c2c1)(c1cn(C2CC2)nn1)c1ccccc1Cl. The maximum Gasteiger partial charge on any atom is 0.110 e. The van der Waals surface area contributed by atoms with Gasteiger partial charge in [-0.1, -0.05) is 83.9 Å². The summed E-state index contributed by atoms with van der Waals surface area (Å²) in [5, 5.41) is 27.1. The lowest BCUT2D eigenvalue weighted by molar-refractivity contribution is 0.610. The molecule has 40 heavy (non-hydrogen) atoms. The van der Waals surface area contributed by atoms with Crippen molar-refractivity contribution in [3.63, 3.8) is 0 Å².